The number of aliphatic imine (C=N–C) groups is 1. The van der Waals surface area contributed by atoms with Gasteiger partial charge in [0.1, 0.15) is 6.04 Å². The SMILES string of the molecule is NC(=C(C=NC1CC(CNc2ccc3c(c2)C(=O)N(C2CCC(=O)NC2=O)C3=O)C1)c1nccc2cccnc12)C1CC1. The molecule has 0 spiro atoms. The molecule has 4 amide bonds. The molecule has 2 aliphatic carbocycles. The van der Waals surface area contributed by atoms with Crippen molar-refractivity contribution in [2.45, 2.75) is 50.6 Å². The van der Waals surface area contributed by atoms with Crippen LogP contribution in [0.4, 0.5) is 5.69 Å². The minimum Gasteiger partial charge on any atom is -0.401 e. The van der Waals surface area contributed by atoms with Crippen LogP contribution in [0.5, 0.6) is 0 Å². The Morgan fingerprint density at radius 1 is 1.02 bits per heavy atom. The highest BCUT2D eigenvalue weighted by Gasteiger charge is 2.44. The third-order valence-electron chi connectivity index (χ3n) is 8.76. The number of benzene rings is 1. The largest absolute Gasteiger partial charge is 0.401 e. The van der Waals surface area contributed by atoms with Crippen LogP contribution in [0.15, 0.2) is 59.5 Å². The summed E-state index contributed by atoms with van der Waals surface area (Å²) in [4.78, 5) is 64.9. The van der Waals surface area contributed by atoms with Crippen LogP contribution in [-0.2, 0) is 9.59 Å². The first-order valence-corrected chi connectivity index (χ1v) is 14.7. The zero-order valence-corrected chi connectivity index (χ0v) is 23.5. The van der Waals surface area contributed by atoms with Crippen molar-refractivity contribution in [3.63, 3.8) is 0 Å². The van der Waals surface area contributed by atoms with Gasteiger partial charge < -0.3 is 11.1 Å². The second-order valence-electron chi connectivity index (χ2n) is 11.7. The number of piperidine rings is 1. The molecule has 7 rings (SSSR count). The van der Waals surface area contributed by atoms with Crippen LogP contribution in [0.1, 0.15) is 64.9 Å². The first-order valence-electron chi connectivity index (χ1n) is 14.7. The monoisotopic (exact) mass is 577 g/mol. The topological polar surface area (TPSA) is 160 Å². The molecule has 0 bridgehead atoms. The van der Waals surface area contributed by atoms with E-state index >= 15 is 0 Å². The van der Waals surface area contributed by atoms with Crippen molar-refractivity contribution < 1.29 is 19.2 Å². The van der Waals surface area contributed by atoms with Crippen LogP contribution >= 0.6 is 0 Å². The molecule has 1 unspecified atom stereocenters. The zero-order chi connectivity index (χ0) is 29.7. The number of allylic oxidation sites excluding steroid dienone is 2. The van der Waals surface area contributed by atoms with E-state index in [1.165, 1.54) is 0 Å². The highest BCUT2D eigenvalue weighted by molar-refractivity contribution is 6.23. The third kappa shape index (κ3) is 5.04. The van der Waals surface area contributed by atoms with Crippen molar-refractivity contribution in [3.05, 3.63) is 71.3 Å². The smallest absolute Gasteiger partial charge is 0.262 e. The van der Waals surface area contributed by atoms with Gasteiger partial charge in [0.15, 0.2) is 0 Å². The van der Waals surface area contributed by atoms with E-state index in [0.29, 0.717) is 18.4 Å². The summed E-state index contributed by atoms with van der Waals surface area (Å²) in [5.74, 6) is -1.27. The van der Waals surface area contributed by atoms with E-state index in [1.54, 1.807) is 30.6 Å². The second-order valence-corrected chi connectivity index (χ2v) is 11.7. The molecule has 218 valence electrons. The van der Waals surface area contributed by atoms with Crippen LogP contribution < -0.4 is 16.4 Å². The van der Waals surface area contributed by atoms with Gasteiger partial charge in [0.05, 0.1) is 28.4 Å². The highest BCUT2D eigenvalue weighted by Crippen LogP contribution is 2.38. The number of nitrogens with one attached hydrogen (secondary N) is 2. The quantitative estimate of drug-likeness (QED) is 0.272. The number of imide groups is 2. The Balaban J connectivity index is 0.982. The number of hydrogen-bond donors (Lipinski definition) is 3. The number of hydrogen-bond acceptors (Lipinski definition) is 9. The van der Waals surface area contributed by atoms with Gasteiger partial charge in [0.25, 0.3) is 11.8 Å². The van der Waals surface area contributed by atoms with Crippen molar-refractivity contribution in [2.75, 3.05) is 11.9 Å². The summed E-state index contributed by atoms with van der Waals surface area (Å²) < 4.78 is 0. The highest BCUT2D eigenvalue weighted by atomic mass is 16.2. The Hall–Kier alpha value is -4.93. The van der Waals surface area contributed by atoms with Crippen molar-refractivity contribution in [3.8, 4) is 0 Å². The minimum absolute atomic E-state index is 0.0891. The summed E-state index contributed by atoms with van der Waals surface area (Å²) >= 11 is 0. The molecule has 11 nitrogen and oxygen atoms in total. The number of nitrogens with zero attached hydrogens (tertiary/aromatic N) is 4. The van der Waals surface area contributed by atoms with Gasteiger partial charge in [-0.3, -0.25) is 44.4 Å². The van der Waals surface area contributed by atoms with Crippen LogP contribution in [-0.4, -0.2) is 63.3 Å². The zero-order valence-electron chi connectivity index (χ0n) is 23.5. The van der Waals surface area contributed by atoms with Crippen LogP contribution in [0.3, 0.4) is 0 Å². The lowest BCUT2D eigenvalue weighted by atomic mass is 9.80. The summed E-state index contributed by atoms with van der Waals surface area (Å²) in [6, 6.07) is 10.1. The average molecular weight is 578 g/mol. The minimum atomic E-state index is -0.975. The normalized spacial score (nSPS) is 24.2. The molecule has 2 aromatic heterocycles. The summed E-state index contributed by atoms with van der Waals surface area (Å²) in [5.41, 5.74) is 11.1. The lowest BCUT2D eigenvalue weighted by Gasteiger charge is -2.33. The maximum atomic E-state index is 13.1. The standard InChI is InChI=1S/C32H31N7O4/c33-27(18-3-4-18)24(29-28-19(9-11-35-29)2-1-10-34-28)16-37-21-12-17(13-21)15-36-20-5-6-22-23(14-20)32(43)39(31(22)42)25-7-8-26(40)38-30(25)41/h1-2,5-6,9-11,14,16-18,21,25,36H,3-4,7-8,12-13,15,33H2,(H,38,40,41). The van der Waals surface area contributed by atoms with Crippen LogP contribution in [0.25, 0.3) is 16.5 Å². The molecule has 1 saturated heterocycles. The molecule has 2 aliphatic heterocycles. The Labute approximate surface area is 247 Å². The number of nitrogens with two attached hydrogens (primary N) is 1. The van der Waals surface area contributed by atoms with Gasteiger partial charge in [-0.15, -0.1) is 0 Å². The summed E-state index contributed by atoms with van der Waals surface area (Å²) in [5, 5.41) is 6.62. The van der Waals surface area contributed by atoms with E-state index in [9.17, 15) is 19.2 Å². The second kappa shape index (κ2) is 10.7. The predicted octanol–water partition coefficient (Wildman–Crippen LogP) is 3.07. The summed E-state index contributed by atoms with van der Waals surface area (Å²) in [6.45, 7) is 0.700. The third-order valence-corrected chi connectivity index (χ3v) is 8.76. The van der Waals surface area contributed by atoms with Crippen molar-refractivity contribution in [2.24, 2.45) is 22.6 Å². The molecule has 1 atom stereocenters. The number of aromatic nitrogens is 2. The number of amides is 4. The number of carbonyl (C=O) groups is 4. The van der Waals surface area contributed by atoms with Crippen molar-refractivity contribution in [1.29, 1.82) is 0 Å². The lowest BCUT2D eigenvalue weighted by molar-refractivity contribution is -0.136. The summed E-state index contributed by atoms with van der Waals surface area (Å²) in [6.07, 6.45) is 9.63. The number of carbonyl (C=O) groups excluding carboxylic acids is 4. The van der Waals surface area contributed by atoms with Gasteiger partial charge in [0, 0.05) is 53.9 Å². The molecular weight excluding hydrogens is 546 g/mol. The molecule has 3 fully saturated rings. The van der Waals surface area contributed by atoms with Gasteiger partial charge in [-0.2, -0.15) is 0 Å². The summed E-state index contributed by atoms with van der Waals surface area (Å²) in [7, 11) is 0. The van der Waals surface area contributed by atoms with E-state index in [1.807, 2.05) is 24.4 Å². The number of pyridine rings is 2. The first-order chi connectivity index (χ1) is 20.9. The molecule has 4 heterocycles. The van der Waals surface area contributed by atoms with Gasteiger partial charge in [-0.25, -0.2) is 0 Å². The van der Waals surface area contributed by atoms with Gasteiger partial charge in [-0.05, 0) is 74.3 Å². The Bertz CT molecular complexity index is 1730. The molecule has 4 aliphatic rings. The van der Waals surface area contributed by atoms with E-state index < -0.39 is 29.7 Å². The van der Waals surface area contributed by atoms with Crippen LogP contribution in [0, 0.1) is 11.8 Å². The fourth-order valence-corrected chi connectivity index (χ4v) is 6.10. The Morgan fingerprint density at radius 2 is 1.84 bits per heavy atom. The van der Waals surface area contributed by atoms with Crippen molar-refractivity contribution in [1.82, 2.24) is 20.2 Å². The molecular formula is C32H31N7O4. The number of rotatable bonds is 8. The average Bonchev–Trinajstić information content (AvgIpc) is 3.81. The van der Waals surface area contributed by atoms with Gasteiger partial charge in [-0.1, -0.05) is 6.07 Å². The molecule has 43 heavy (non-hydrogen) atoms. The molecule has 1 aromatic carbocycles. The fourth-order valence-electron chi connectivity index (χ4n) is 6.10. The maximum absolute atomic E-state index is 13.1. The van der Waals surface area contributed by atoms with E-state index in [0.717, 1.165) is 64.1 Å². The van der Waals surface area contributed by atoms with E-state index in [4.69, 9.17) is 10.7 Å². The van der Waals surface area contributed by atoms with Gasteiger partial charge in [0.2, 0.25) is 11.8 Å². The number of anilines is 1. The van der Waals surface area contributed by atoms with Crippen LogP contribution in [0.2, 0.25) is 0 Å². The molecule has 2 saturated carbocycles. The lowest BCUT2D eigenvalue weighted by Crippen LogP contribution is -2.54. The number of fused-ring (bicyclic) bond motifs is 2. The molecule has 3 aromatic rings. The van der Waals surface area contributed by atoms with Crippen molar-refractivity contribution >= 4 is 52.0 Å². The predicted molar refractivity (Wildman–Crippen MR) is 160 cm³/mol. The van der Waals surface area contributed by atoms with E-state index in [-0.39, 0.29) is 30.0 Å². The first kappa shape index (κ1) is 26.9. The van der Waals surface area contributed by atoms with Gasteiger partial charge >= 0.3 is 0 Å². The molecule has 11 heteroatoms. The maximum Gasteiger partial charge on any atom is 0.262 e. The Morgan fingerprint density at radius 3 is 2.63 bits per heavy atom. The Kier molecular flexibility index (Phi) is 6.72. The fraction of sp³-hybridized carbons (Fsp3) is 0.344. The van der Waals surface area contributed by atoms with E-state index in [2.05, 4.69) is 20.6 Å². The molecule has 4 N–H and O–H groups in total. The molecule has 0 radical (unpaired) electrons.